The fourth-order valence-corrected chi connectivity index (χ4v) is 3.44. The Hall–Kier alpha value is -1.45. The van der Waals surface area contributed by atoms with Crippen LogP contribution in [0, 0.1) is 0 Å². The molecule has 0 fully saturated rings. The summed E-state index contributed by atoms with van der Waals surface area (Å²) >= 11 is 7.89. The highest BCUT2D eigenvalue weighted by Crippen LogP contribution is 2.27. The highest BCUT2D eigenvalue weighted by atomic mass is 35.5. The quantitative estimate of drug-likeness (QED) is 0.749. The maximum absolute atomic E-state index is 12.6. The van der Waals surface area contributed by atoms with Gasteiger partial charge in [-0.3, -0.25) is 4.79 Å². The van der Waals surface area contributed by atoms with Gasteiger partial charge in [-0.1, -0.05) is 55.8 Å². The molecule has 22 heavy (non-hydrogen) atoms. The molecule has 0 spiro atoms. The van der Waals surface area contributed by atoms with Crippen molar-refractivity contribution in [2.75, 3.05) is 0 Å². The van der Waals surface area contributed by atoms with Crippen LogP contribution in [0.4, 0.5) is 0 Å². The van der Waals surface area contributed by atoms with E-state index in [0.717, 1.165) is 10.5 Å². The van der Waals surface area contributed by atoms with Gasteiger partial charge in [0.25, 0.3) is 5.91 Å². The minimum atomic E-state index is -0.140. The van der Waals surface area contributed by atoms with Gasteiger partial charge in [-0.15, -0.1) is 11.8 Å². The highest BCUT2D eigenvalue weighted by molar-refractivity contribution is 8.00. The second-order valence-corrected chi connectivity index (χ2v) is 7.40. The first-order valence-corrected chi connectivity index (χ1v) is 8.55. The Kier molecular flexibility index (Phi) is 5.92. The number of hydrogen-bond acceptors (Lipinski definition) is 2. The van der Waals surface area contributed by atoms with Crippen LogP contribution in [-0.2, 0) is 0 Å². The standard InChI is InChI=1S/C18H20ClNOS/c1-12(2)22-17-11-7-5-9-15(17)18(21)20-13(3)14-8-4-6-10-16(14)19/h4-13H,1-3H3,(H,20,21). The Morgan fingerprint density at radius 1 is 1.05 bits per heavy atom. The Labute approximate surface area is 141 Å². The molecule has 1 amide bonds. The van der Waals surface area contributed by atoms with E-state index in [2.05, 4.69) is 19.2 Å². The lowest BCUT2D eigenvalue weighted by Crippen LogP contribution is -2.27. The summed E-state index contributed by atoms with van der Waals surface area (Å²) in [4.78, 5) is 13.6. The van der Waals surface area contributed by atoms with E-state index in [0.29, 0.717) is 15.8 Å². The average Bonchev–Trinajstić information content (AvgIpc) is 2.47. The van der Waals surface area contributed by atoms with E-state index in [1.54, 1.807) is 11.8 Å². The van der Waals surface area contributed by atoms with Gasteiger partial charge in [0.1, 0.15) is 0 Å². The fraction of sp³-hybridized carbons (Fsp3) is 0.278. The van der Waals surface area contributed by atoms with E-state index in [4.69, 9.17) is 11.6 Å². The molecule has 2 rings (SSSR count). The van der Waals surface area contributed by atoms with E-state index in [1.165, 1.54) is 0 Å². The van der Waals surface area contributed by atoms with E-state index in [9.17, 15) is 4.79 Å². The van der Waals surface area contributed by atoms with Crippen molar-refractivity contribution in [1.82, 2.24) is 5.32 Å². The zero-order valence-corrected chi connectivity index (χ0v) is 14.5. The van der Waals surface area contributed by atoms with Crippen LogP contribution in [0.2, 0.25) is 5.02 Å². The third-order valence-electron chi connectivity index (χ3n) is 3.21. The molecule has 1 unspecified atom stereocenters. The lowest BCUT2D eigenvalue weighted by Gasteiger charge is -2.17. The number of hydrogen-bond donors (Lipinski definition) is 1. The van der Waals surface area contributed by atoms with Crippen molar-refractivity contribution in [3.63, 3.8) is 0 Å². The second kappa shape index (κ2) is 7.70. The van der Waals surface area contributed by atoms with Crippen LogP contribution in [0.25, 0.3) is 0 Å². The normalized spacial score (nSPS) is 12.2. The fourth-order valence-electron chi connectivity index (χ4n) is 2.19. The number of amides is 1. The van der Waals surface area contributed by atoms with E-state index in [-0.39, 0.29) is 11.9 Å². The third-order valence-corrected chi connectivity index (χ3v) is 4.64. The molecule has 1 N–H and O–H groups in total. The molecule has 2 nitrogen and oxygen atoms in total. The molecule has 1 atom stereocenters. The van der Waals surface area contributed by atoms with Crippen molar-refractivity contribution in [2.45, 2.75) is 37.0 Å². The predicted octanol–water partition coefficient (Wildman–Crippen LogP) is 5.33. The second-order valence-electron chi connectivity index (χ2n) is 5.38. The summed E-state index contributed by atoms with van der Waals surface area (Å²) in [7, 11) is 0. The summed E-state index contributed by atoms with van der Waals surface area (Å²) < 4.78 is 0. The summed E-state index contributed by atoms with van der Waals surface area (Å²) in [6.45, 7) is 6.18. The van der Waals surface area contributed by atoms with Gasteiger partial charge in [-0.25, -0.2) is 0 Å². The Morgan fingerprint density at radius 3 is 2.36 bits per heavy atom. The summed E-state index contributed by atoms with van der Waals surface area (Å²) in [5.74, 6) is -0.0730. The van der Waals surface area contributed by atoms with Crippen LogP contribution < -0.4 is 5.32 Å². The molecule has 0 heterocycles. The first-order valence-electron chi connectivity index (χ1n) is 7.30. The summed E-state index contributed by atoms with van der Waals surface area (Å²) in [5.41, 5.74) is 1.63. The number of benzene rings is 2. The smallest absolute Gasteiger partial charge is 0.252 e. The van der Waals surface area contributed by atoms with Crippen LogP contribution in [0.3, 0.4) is 0 Å². The molecule has 4 heteroatoms. The molecule has 116 valence electrons. The first-order chi connectivity index (χ1) is 10.5. The molecular weight excluding hydrogens is 314 g/mol. The number of thioether (sulfide) groups is 1. The van der Waals surface area contributed by atoms with Crippen LogP contribution >= 0.6 is 23.4 Å². The van der Waals surface area contributed by atoms with Crippen molar-refractivity contribution in [3.8, 4) is 0 Å². The van der Waals surface area contributed by atoms with Gasteiger partial charge in [0.05, 0.1) is 11.6 Å². The molecule has 2 aromatic rings. The highest BCUT2D eigenvalue weighted by Gasteiger charge is 2.16. The largest absolute Gasteiger partial charge is 0.345 e. The molecular formula is C18H20ClNOS. The van der Waals surface area contributed by atoms with Gasteiger partial charge in [0.15, 0.2) is 0 Å². The van der Waals surface area contributed by atoms with Crippen molar-refractivity contribution in [3.05, 3.63) is 64.7 Å². The monoisotopic (exact) mass is 333 g/mol. The van der Waals surface area contributed by atoms with Crippen molar-refractivity contribution >= 4 is 29.3 Å². The maximum atomic E-state index is 12.6. The minimum absolute atomic E-state index is 0.0730. The van der Waals surface area contributed by atoms with Crippen LogP contribution in [0.1, 0.15) is 42.7 Å². The maximum Gasteiger partial charge on any atom is 0.252 e. The lowest BCUT2D eigenvalue weighted by molar-refractivity contribution is 0.0937. The molecule has 0 aliphatic rings. The molecule has 2 aromatic carbocycles. The molecule has 0 aliphatic heterocycles. The Balaban J connectivity index is 2.17. The van der Waals surface area contributed by atoms with E-state index in [1.807, 2.05) is 55.5 Å². The molecule has 0 aromatic heterocycles. The Morgan fingerprint density at radius 2 is 1.68 bits per heavy atom. The van der Waals surface area contributed by atoms with Crippen molar-refractivity contribution in [2.24, 2.45) is 0 Å². The number of carbonyl (C=O) groups excluding carboxylic acids is 1. The average molecular weight is 334 g/mol. The van der Waals surface area contributed by atoms with E-state index >= 15 is 0 Å². The van der Waals surface area contributed by atoms with Gasteiger partial charge >= 0.3 is 0 Å². The minimum Gasteiger partial charge on any atom is -0.345 e. The first kappa shape index (κ1) is 16.9. The molecule has 0 bridgehead atoms. The molecule has 0 radical (unpaired) electrons. The van der Waals surface area contributed by atoms with Crippen LogP contribution in [0.15, 0.2) is 53.4 Å². The lowest BCUT2D eigenvalue weighted by atomic mass is 10.1. The van der Waals surface area contributed by atoms with Gasteiger partial charge < -0.3 is 5.32 Å². The Bertz CT molecular complexity index is 657. The van der Waals surface area contributed by atoms with Gasteiger partial charge in [0, 0.05) is 15.2 Å². The van der Waals surface area contributed by atoms with E-state index < -0.39 is 0 Å². The molecule has 0 saturated carbocycles. The number of halogens is 1. The number of rotatable bonds is 5. The molecule has 0 aliphatic carbocycles. The zero-order chi connectivity index (χ0) is 16.1. The van der Waals surface area contributed by atoms with Crippen LogP contribution in [0.5, 0.6) is 0 Å². The van der Waals surface area contributed by atoms with Gasteiger partial charge in [-0.05, 0) is 30.7 Å². The molecule has 0 saturated heterocycles. The summed E-state index contributed by atoms with van der Waals surface area (Å²) in [6, 6.07) is 15.1. The van der Waals surface area contributed by atoms with Crippen molar-refractivity contribution in [1.29, 1.82) is 0 Å². The SMILES string of the molecule is CC(C)Sc1ccccc1C(=O)NC(C)c1ccccc1Cl. The van der Waals surface area contributed by atoms with Gasteiger partial charge in [-0.2, -0.15) is 0 Å². The third kappa shape index (κ3) is 4.28. The topological polar surface area (TPSA) is 29.1 Å². The summed E-state index contributed by atoms with van der Waals surface area (Å²) in [6.07, 6.45) is 0. The summed E-state index contributed by atoms with van der Waals surface area (Å²) in [5, 5.41) is 4.12. The number of nitrogens with one attached hydrogen (secondary N) is 1. The number of carbonyl (C=O) groups is 1. The zero-order valence-electron chi connectivity index (χ0n) is 13.0. The van der Waals surface area contributed by atoms with Gasteiger partial charge in [0.2, 0.25) is 0 Å². The predicted molar refractivity (Wildman–Crippen MR) is 94.8 cm³/mol. The van der Waals surface area contributed by atoms with Crippen LogP contribution in [-0.4, -0.2) is 11.2 Å². The van der Waals surface area contributed by atoms with Crippen molar-refractivity contribution < 1.29 is 4.79 Å².